The third-order valence-electron chi connectivity index (χ3n) is 3.12. The van der Waals surface area contributed by atoms with Crippen molar-refractivity contribution < 1.29 is 0 Å². The van der Waals surface area contributed by atoms with Gasteiger partial charge in [-0.2, -0.15) is 16.7 Å². The summed E-state index contributed by atoms with van der Waals surface area (Å²) in [7, 11) is 0. The van der Waals surface area contributed by atoms with Gasteiger partial charge in [-0.15, -0.1) is 11.8 Å². The molecule has 0 saturated carbocycles. The van der Waals surface area contributed by atoms with E-state index in [1.807, 2.05) is 30.4 Å². The highest BCUT2D eigenvalue weighted by Crippen LogP contribution is 2.26. The second kappa shape index (κ2) is 13.7. The van der Waals surface area contributed by atoms with E-state index in [0.717, 1.165) is 17.3 Å². The molecule has 2 unspecified atom stereocenters. The van der Waals surface area contributed by atoms with Crippen LogP contribution in [0, 0.1) is 4.91 Å². The molecule has 2 atom stereocenters. The molecule has 0 aliphatic carbocycles. The van der Waals surface area contributed by atoms with E-state index in [9.17, 15) is 4.91 Å². The van der Waals surface area contributed by atoms with Crippen LogP contribution in [-0.4, -0.2) is 22.1 Å². The van der Waals surface area contributed by atoms with Gasteiger partial charge in [0.1, 0.15) is 6.04 Å². The Labute approximate surface area is 121 Å². The molecule has 0 aromatic carbocycles. The molecule has 0 aromatic rings. The third-order valence-corrected chi connectivity index (χ3v) is 5.79. The molecule has 4 heteroatoms. The summed E-state index contributed by atoms with van der Waals surface area (Å²) in [6.07, 6.45) is 9.07. The fourth-order valence-electron chi connectivity index (χ4n) is 1.88. The summed E-state index contributed by atoms with van der Waals surface area (Å²) >= 11 is 3.85. The van der Waals surface area contributed by atoms with Crippen molar-refractivity contribution in [2.24, 2.45) is 5.18 Å². The Morgan fingerprint density at radius 1 is 1.06 bits per heavy atom. The number of nitroso groups, excluding NO2 is 1. The van der Waals surface area contributed by atoms with Crippen LogP contribution in [0.4, 0.5) is 0 Å². The van der Waals surface area contributed by atoms with Crippen molar-refractivity contribution in [2.75, 3.05) is 10.8 Å². The number of rotatable bonds is 13. The molecular formula is C14H29NOS2. The predicted octanol–water partition coefficient (Wildman–Crippen LogP) is 5.70. The average Bonchev–Trinajstić information content (AvgIpc) is 2.40. The Hall–Kier alpha value is 0.300. The number of thioether (sulfide) groups is 2. The first-order valence-electron chi connectivity index (χ1n) is 7.28. The molecule has 0 aliphatic rings. The number of hydrogen-bond donors (Lipinski definition) is 0. The largest absolute Gasteiger partial charge is 0.151 e. The zero-order valence-electron chi connectivity index (χ0n) is 12.2. The van der Waals surface area contributed by atoms with Crippen molar-refractivity contribution in [2.45, 2.75) is 77.0 Å². The van der Waals surface area contributed by atoms with Gasteiger partial charge in [0.25, 0.3) is 0 Å². The average molecular weight is 292 g/mol. The summed E-state index contributed by atoms with van der Waals surface area (Å²) < 4.78 is 0. The fourth-order valence-corrected chi connectivity index (χ4v) is 4.29. The van der Waals surface area contributed by atoms with Crippen LogP contribution < -0.4 is 0 Å². The number of hydrogen-bond acceptors (Lipinski definition) is 4. The van der Waals surface area contributed by atoms with Crippen molar-refractivity contribution in [3.63, 3.8) is 0 Å². The highest BCUT2D eigenvalue weighted by Gasteiger charge is 2.17. The molecule has 0 spiro atoms. The Kier molecular flexibility index (Phi) is 14.0. The molecule has 0 bridgehead atoms. The molecule has 108 valence electrons. The maximum atomic E-state index is 10.7. The van der Waals surface area contributed by atoms with Crippen LogP contribution in [0.25, 0.3) is 0 Å². The van der Waals surface area contributed by atoms with Gasteiger partial charge in [0.05, 0.1) is 0 Å². The monoisotopic (exact) mass is 291 g/mol. The first-order chi connectivity index (χ1) is 8.76. The molecular weight excluding hydrogens is 262 g/mol. The second-order valence-electron chi connectivity index (χ2n) is 4.72. The summed E-state index contributed by atoms with van der Waals surface area (Å²) in [5.41, 5.74) is 0. The maximum absolute atomic E-state index is 10.7. The lowest BCUT2D eigenvalue weighted by Gasteiger charge is -2.18. The van der Waals surface area contributed by atoms with Crippen LogP contribution in [0.3, 0.4) is 0 Å². The number of unbranched alkanes of at least 4 members (excludes halogenated alkanes) is 5. The van der Waals surface area contributed by atoms with E-state index in [4.69, 9.17) is 0 Å². The Morgan fingerprint density at radius 2 is 1.72 bits per heavy atom. The van der Waals surface area contributed by atoms with Gasteiger partial charge in [-0.3, -0.25) is 0 Å². The molecule has 0 saturated heterocycles. The van der Waals surface area contributed by atoms with E-state index in [0.29, 0.717) is 5.25 Å². The Morgan fingerprint density at radius 3 is 2.33 bits per heavy atom. The van der Waals surface area contributed by atoms with Gasteiger partial charge in [-0.25, -0.2) is 0 Å². The molecule has 2 nitrogen and oxygen atoms in total. The van der Waals surface area contributed by atoms with Crippen LogP contribution >= 0.6 is 23.5 Å². The second-order valence-corrected chi connectivity index (χ2v) is 7.59. The molecule has 0 rings (SSSR count). The van der Waals surface area contributed by atoms with Crippen LogP contribution in [-0.2, 0) is 0 Å². The number of nitrogens with zero attached hydrogens (tertiary/aromatic N) is 1. The molecule has 0 fully saturated rings. The summed E-state index contributed by atoms with van der Waals surface area (Å²) in [5.74, 6) is 1.15. The minimum Gasteiger partial charge on any atom is -0.151 e. The Balaban J connectivity index is 3.69. The molecule has 0 radical (unpaired) electrons. The summed E-state index contributed by atoms with van der Waals surface area (Å²) in [5, 5.41) is 4.73. The lowest BCUT2D eigenvalue weighted by atomic mass is 10.1. The van der Waals surface area contributed by atoms with Crippen molar-refractivity contribution >= 4 is 23.5 Å². The standard InChI is InChI=1S/C14H29NOS2/c1-4-6-7-8-9-10-11-14(13(3)15-16)18-12-17-5-2/h13-14H,4-12H2,1-3H3. The zero-order chi connectivity index (χ0) is 13.6. The summed E-state index contributed by atoms with van der Waals surface area (Å²) in [4.78, 5) is 10.7. The van der Waals surface area contributed by atoms with Crippen molar-refractivity contribution in [1.29, 1.82) is 0 Å². The van der Waals surface area contributed by atoms with Crippen LogP contribution in [0.15, 0.2) is 5.18 Å². The topological polar surface area (TPSA) is 29.4 Å². The van der Waals surface area contributed by atoms with E-state index in [1.165, 1.54) is 38.5 Å². The first kappa shape index (κ1) is 18.3. The first-order valence-corrected chi connectivity index (χ1v) is 9.48. The van der Waals surface area contributed by atoms with Gasteiger partial charge in [-0.05, 0) is 19.1 Å². The fraction of sp³-hybridized carbons (Fsp3) is 1.00. The predicted molar refractivity (Wildman–Crippen MR) is 87.6 cm³/mol. The Bertz CT molecular complexity index is 191. The van der Waals surface area contributed by atoms with Crippen LogP contribution in [0.1, 0.15) is 65.7 Å². The molecule has 18 heavy (non-hydrogen) atoms. The lowest BCUT2D eigenvalue weighted by molar-refractivity contribution is 0.556. The van der Waals surface area contributed by atoms with Crippen molar-refractivity contribution in [3.05, 3.63) is 4.91 Å². The summed E-state index contributed by atoms with van der Waals surface area (Å²) in [6, 6.07) is -0.0388. The quantitative estimate of drug-likeness (QED) is 0.247. The van der Waals surface area contributed by atoms with Crippen LogP contribution in [0.5, 0.6) is 0 Å². The lowest BCUT2D eigenvalue weighted by Crippen LogP contribution is -2.17. The molecule has 0 heterocycles. The van der Waals surface area contributed by atoms with E-state index in [1.54, 1.807) is 0 Å². The molecule has 0 aromatic heterocycles. The van der Waals surface area contributed by atoms with Gasteiger partial charge in [0, 0.05) is 10.3 Å². The molecule has 0 amide bonds. The van der Waals surface area contributed by atoms with Crippen LogP contribution in [0.2, 0.25) is 0 Å². The highest BCUT2D eigenvalue weighted by molar-refractivity contribution is 8.16. The highest BCUT2D eigenvalue weighted by atomic mass is 32.2. The molecule has 0 aliphatic heterocycles. The van der Waals surface area contributed by atoms with Crippen molar-refractivity contribution in [1.82, 2.24) is 0 Å². The smallest absolute Gasteiger partial charge is 0.101 e. The van der Waals surface area contributed by atoms with Gasteiger partial charge in [-0.1, -0.05) is 57.5 Å². The SMILES string of the molecule is CCCCCCCCC(SCSCC)C(C)N=O. The maximum Gasteiger partial charge on any atom is 0.101 e. The summed E-state index contributed by atoms with van der Waals surface area (Å²) in [6.45, 7) is 6.38. The van der Waals surface area contributed by atoms with E-state index >= 15 is 0 Å². The van der Waals surface area contributed by atoms with E-state index in [-0.39, 0.29) is 6.04 Å². The minimum absolute atomic E-state index is 0.0388. The van der Waals surface area contributed by atoms with E-state index in [2.05, 4.69) is 19.0 Å². The van der Waals surface area contributed by atoms with Crippen molar-refractivity contribution in [3.8, 4) is 0 Å². The zero-order valence-corrected chi connectivity index (χ0v) is 13.8. The third kappa shape index (κ3) is 10.2. The van der Waals surface area contributed by atoms with Gasteiger partial charge >= 0.3 is 0 Å². The minimum atomic E-state index is -0.0388. The van der Waals surface area contributed by atoms with Gasteiger partial charge < -0.3 is 0 Å². The normalized spacial score (nSPS) is 14.4. The van der Waals surface area contributed by atoms with Gasteiger partial charge in [0.15, 0.2) is 0 Å². The molecule has 0 N–H and O–H groups in total. The van der Waals surface area contributed by atoms with E-state index < -0.39 is 0 Å². The van der Waals surface area contributed by atoms with Gasteiger partial charge in [0.2, 0.25) is 0 Å².